The van der Waals surface area contributed by atoms with Gasteiger partial charge in [-0.25, -0.2) is 4.79 Å². The number of carbonyl (C=O) groups excluding carboxylic acids is 1. The Morgan fingerprint density at radius 2 is 2.32 bits per heavy atom. The van der Waals surface area contributed by atoms with Crippen LogP contribution < -0.4 is 14.8 Å². The van der Waals surface area contributed by atoms with Crippen LogP contribution in [0.2, 0.25) is 0 Å². The number of hydrogen-bond acceptors (Lipinski definition) is 5. The molecule has 6 heteroatoms. The van der Waals surface area contributed by atoms with Gasteiger partial charge >= 0.3 is 5.97 Å². The van der Waals surface area contributed by atoms with Gasteiger partial charge in [-0.2, -0.15) is 11.3 Å². The molecule has 0 radical (unpaired) electrons. The Kier molecular flexibility index (Phi) is 4.34. The average Bonchev–Trinajstić information content (AvgIpc) is 2.96. The van der Waals surface area contributed by atoms with Gasteiger partial charge in [-0.05, 0) is 35.4 Å². The van der Waals surface area contributed by atoms with Crippen molar-refractivity contribution in [3.8, 4) is 0 Å². The average molecular weight is 295 g/mol. The van der Waals surface area contributed by atoms with Crippen LogP contribution in [0.1, 0.15) is 12.5 Å². The van der Waals surface area contributed by atoms with E-state index >= 15 is 0 Å². The van der Waals surface area contributed by atoms with Gasteiger partial charge in [0, 0.05) is 7.05 Å². The minimum absolute atomic E-state index is 0.105. The van der Waals surface area contributed by atoms with E-state index in [1.54, 1.807) is 25.3 Å². The number of ether oxygens (including phenoxy) is 1. The van der Waals surface area contributed by atoms with Gasteiger partial charge in [-0.3, -0.25) is 4.79 Å². The monoisotopic (exact) mass is 295 g/mol. The molecule has 0 bridgehead atoms. The molecule has 0 aliphatic heterocycles. The highest BCUT2D eigenvalue weighted by molar-refractivity contribution is 7.08. The van der Waals surface area contributed by atoms with Crippen LogP contribution in [-0.2, 0) is 16.6 Å². The van der Waals surface area contributed by atoms with E-state index < -0.39 is 5.97 Å². The smallest absolute Gasteiger partial charge is 0.333 e. The van der Waals surface area contributed by atoms with Gasteiger partial charge in [-0.1, -0.05) is 0 Å². The van der Waals surface area contributed by atoms with Gasteiger partial charge in [0.2, 0.25) is 0 Å². The van der Waals surface area contributed by atoms with Crippen molar-refractivity contribution in [1.29, 1.82) is 0 Å². The Bertz CT molecular complexity index is 738. The SMILES string of the molecule is CCOC(=O)/C=c1/s/c(=C/c2ccsc2)c(=O)n1C. The largest absolute Gasteiger partial charge is 0.463 e. The Hall–Kier alpha value is -1.66. The van der Waals surface area contributed by atoms with Crippen molar-refractivity contribution >= 4 is 40.8 Å². The number of thiophene rings is 1. The molecule has 2 aromatic heterocycles. The van der Waals surface area contributed by atoms with Crippen LogP contribution in [0.25, 0.3) is 12.2 Å². The first-order chi connectivity index (χ1) is 9.11. The number of nitrogens with zero attached hydrogens (tertiary/aromatic N) is 1. The van der Waals surface area contributed by atoms with Gasteiger partial charge < -0.3 is 9.30 Å². The quantitative estimate of drug-likeness (QED) is 0.783. The zero-order chi connectivity index (χ0) is 13.8. The summed E-state index contributed by atoms with van der Waals surface area (Å²) in [6.07, 6.45) is 3.17. The summed E-state index contributed by atoms with van der Waals surface area (Å²) in [6.45, 7) is 2.07. The fraction of sp³-hybridized carbons (Fsp3) is 0.231. The Morgan fingerprint density at radius 3 is 2.95 bits per heavy atom. The minimum atomic E-state index is -0.429. The molecule has 0 N–H and O–H groups in total. The maximum absolute atomic E-state index is 12.0. The van der Waals surface area contributed by atoms with Gasteiger partial charge in [0.15, 0.2) is 0 Å². The van der Waals surface area contributed by atoms with Crippen LogP contribution in [-0.4, -0.2) is 17.1 Å². The Morgan fingerprint density at radius 1 is 1.53 bits per heavy atom. The normalized spacial score (nSPS) is 12.9. The lowest BCUT2D eigenvalue weighted by Gasteiger charge is -1.93. The summed E-state index contributed by atoms with van der Waals surface area (Å²) in [5, 5.41) is 3.92. The van der Waals surface area contributed by atoms with Crippen molar-refractivity contribution in [2.75, 3.05) is 6.61 Å². The molecule has 0 amide bonds. The van der Waals surface area contributed by atoms with E-state index in [4.69, 9.17) is 4.74 Å². The van der Waals surface area contributed by atoms with Crippen LogP contribution in [0.5, 0.6) is 0 Å². The van der Waals surface area contributed by atoms with E-state index in [-0.39, 0.29) is 5.56 Å². The zero-order valence-electron chi connectivity index (χ0n) is 10.6. The fourth-order valence-corrected chi connectivity index (χ4v) is 3.14. The molecule has 100 valence electrons. The molecule has 4 nitrogen and oxygen atoms in total. The highest BCUT2D eigenvalue weighted by atomic mass is 32.1. The lowest BCUT2D eigenvalue weighted by Crippen LogP contribution is -2.29. The molecular weight excluding hydrogens is 282 g/mol. The molecule has 0 saturated heterocycles. The molecule has 0 aliphatic carbocycles. The molecule has 0 unspecified atom stereocenters. The summed E-state index contributed by atoms with van der Waals surface area (Å²) < 4.78 is 7.50. The number of rotatable bonds is 3. The van der Waals surface area contributed by atoms with Crippen molar-refractivity contribution in [3.05, 3.63) is 41.9 Å². The van der Waals surface area contributed by atoms with Gasteiger partial charge in [0.05, 0.1) is 17.2 Å². The molecule has 2 heterocycles. The number of aromatic nitrogens is 1. The molecule has 2 rings (SSSR count). The first-order valence-electron chi connectivity index (χ1n) is 5.70. The Balaban J connectivity index is 2.51. The van der Waals surface area contributed by atoms with Gasteiger partial charge in [0.25, 0.3) is 5.56 Å². The van der Waals surface area contributed by atoms with Crippen LogP contribution in [0.15, 0.2) is 21.6 Å². The lowest BCUT2D eigenvalue weighted by molar-refractivity contribution is -0.135. The highest BCUT2D eigenvalue weighted by Crippen LogP contribution is 2.05. The summed E-state index contributed by atoms with van der Waals surface area (Å²) in [4.78, 5) is 23.4. The van der Waals surface area contributed by atoms with E-state index in [0.29, 0.717) is 15.8 Å². The van der Waals surface area contributed by atoms with Crippen molar-refractivity contribution in [2.24, 2.45) is 7.05 Å². The topological polar surface area (TPSA) is 48.3 Å². The van der Waals surface area contributed by atoms with E-state index in [1.165, 1.54) is 22.0 Å². The van der Waals surface area contributed by atoms with E-state index in [9.17, 15) is 9.59 Å². The van der Waals surface area contributed by atoms with Crippen molar-refractivity contribution in [2.45, 2.75) is 6.92 Å². The number of hydrogen-bond donors (Lipinski definition) is 0. The summed E-state index contributed by atoms with van der Waals surface area (Å²) in [7, 11) is 1.65. The number of esters is 1. The summed E-state index contributed by atoms with van der Waals surface area (Å²) in [5.41, 5.74) is 0.887. The maximum atomic E-state index is 12.0. The first-order valence-corrected chi connectivity index (χ1v) is 7.46. The second kappa shape index (κ2) is 5.99. The van der Waals surface area contributed by atoms with Crippen LogP contribution in [0, 0.1) is 0 Å². The molecule has 0 fully saturated rings. The number of thiazole rings is 1. The van der Waals surface area contributed by atoms with Crippen molar-refractivity contribution in [3.63, 3.8) is 0 Å². The molecule has 0 aromatic carbocycles. The predicted molar refractivity (Wildman–Crippen MR) is 77.8 cm³/mol. The highest BCUT2D eigenvalue weighted by Gasteiger charge is 2.03. The van der Waals surface area contributed by atoms with E-state index in [2.05, 4.69) is 0 Å². The summed E-state index contributed by atoms with van der Waals surface area (Å²) >= 11 is 2.86. The maximum Gasteiger partial charge on any atom is 0.333 e. The molecule has 0 aliphatic rings. The molecule has 0 saturated carbocycles. The molecule has 19 heavy (non-hydrogen) atoms. The third-order valence-corrected chi connectivity index (χ3v) is 4.24. The zero-order valence-corrected chi connectivity index (χ0v) is 12.2. The summed E-state index contributed by atoms with van der Waals surface area (Å²) in [6, 6.07) is 1.94. The van der Waals surface area contributed by atoms with Gasteiger partial charge in [-0.15, -0.1) is 11.3 Å². The van der Waals surface area contributed by atoms with Gasteiger partial charge in [0.1, 0.15) is 4.66 Å². The van der Waals surface area contributed by atoms with Crippen LogP contribution in [0.3, 0.4) is 0 Å². The predicted octanol–water partition coefficient (Wildman–Crippen LogP) is 0.681. The van der Waals surface area contributed by atoms with Crippen LogP contribution in [0.4, 0.5) is 0 Å². The first kappa shape index (κ1) is 13.8. The van der Waals surface area contributed by atoms with Crippen molar-refractivity contribution < 1.29 is 9.53 Å². The standard InChI is InChI=1S/C13H13NO3S2/c1-3-17-12(15)7-11-14(2)13(16)10(19-11)6-9-4-5-18-8-9/h4-8H,3H2,1-2H3/b10-6+,11-7+. The number of carbonyl (C=O) groups is 1. The lowest BCUT2D eigenvalue weighted by atomic mass is 10.3. The molecule has 0 spiro atoms. The second-order valence-corrected chi connectivity index (χ2v) is 5.61. The molecular formula is C13H13NO3S2. The fourth-order valence-electron chi connectivity index (χ4n) is 1.50. The third kappa shape index (κ3) is 3.21. The Labute approximate surface area is 117 Å². The van der Waals surface area contributed by atoms with E-state index in [0.717, 1.165) is 5.56 Å². The van der Waals surface area contributed by atoms with Crippen LogP contribution >= 0.6 is 22.7 Å². The third-order valence-electron chi connectivity index (χ3n) is 2.43. The minimum Gasteiger partial charge on any atom is -0.463 e. The van der Waals surface area contributed by atoms with E-state index in [1.807, 2.05) is 22.9 Å². The molecule has 0 atom stereocenters. The summed E-state index contributed by atoms with van der Waals surface area (Å²) in [5.74, 6) is -0.429. The van der Waals surface area contributed by atoms with Crippen molar-refractivity contribution in [1.82, 2.24) is 4.57 Å². The molecule has 2 aromatic rings. The second-order valence-electron chi connectivity index (χ2n) is 3.77.